The molecule has 0 spiro atoms. The van der Waals surface area contributed by atoms with Crippen molar-refractivity contribution in [3.05, 3.63) is 29.3 Å². The van der Waals surface area contributed by atoms with Crippen LogP contribution < -0.4 is 0 Å². The van der Waals surface area contributed by atoms with Gasteiger partial charge in [0.25, 0.3) is 0 Å². The molecular weight excluding hydrogens is 346 g/mol. The molecule has 0 unspecified atom stereocenters. The van der Waals surface area contributed by atoms with Gasteiger partial charge in [-0.15, -0.1) is 10.2 Å². The minimum atomic E-state index is -0.867. The van der Waals surface area contributed by atoms with Gasteiger partial charge in [-0.2, -0.15) is 4.80 Å². The lowest BCUT2D eigenvalue weighted by Crippen LogP contribution is -2.50. The second-order valence-electron chi connectivity index (χ2n) is 6.07. The van der Waals surface area contributed by atoms with Crippen molar-refractivity contribution in [3.8, 4) is 11.4 Å². The number of benzene rings is 1. The average molecular weight is 364 g/mol. The van der Waals surface area contributed by atoms with Crippen molar-refractivity contribution in [1.29, 1.82) is 0 Å². The zero-order chi connectivity index (χ0) is 18.0. The highest BCUT2D eigenvalue weighted by molar-refractivity contribution is 6.30. The maximum Gasteiger partial charge on any atom is 0.308 e. The maximum atomic E-state index is 12.5. The highest BCUT2D eigenvalue weighted by atomic mass is 35.5. The zero-order valence-electron chi connectivity index (χ0n) is 13.7. The summed E-state index contributed by atoms with van der Waals surface area (Å²) < 4.78 is 0. The van der Waals surface area contributed by atoms with Crippen LogP contribution in [-0.2, 0) is 16.1 Å². The third-order valence-electron chi connectivity index (χ3n) is 4.46. The van der Waals surface area contributed by atoms with Crippen molar-refractivity contribution in [2.75, 3.05) is 6.54 Å². The monoisotopic (exact) mass is 363 g/mol. The van der Waals surface area contributed by atoms with Crippen LogP contribution in [0.5, 0.6) is 0 Å². The van der Waals surface area contributed by atoms with Gasteiger partial charge in [0, 0.05) is 23.2 Å². The highest BCUT2D eigenvalue weighted by Crippen LogP contribution is 2.24. The van der Waals surface area contributed by atoms with E-state index < -0.39 is 11.9 Å². The van der Waals surface area contributed by atoms with E-state index in [-0.39, 0.29) is 18.5 Å². The van der Waals surface area contributed by atoms with E-state index in [0.717, 1.165) is 5.56 Å². The van der Waals surface area contributed by atoms with Gasteiger partial charge in [0.15, 0.2) is 0 Å². The molecule has 0 bridgehead atoms. The summed E-state index contributed by atoms with van der Waals surface area (Å²) in [5.74, 6) is -1.21. The first-order chi connectivity index (χ1) is 12.0. The molecule has 1 aliphatic heterocycles. The Kier molecular flexibility index (Phi) is 4.98. The van der Waals surface area contributed by atoms with Crippen molar-refractivity contribution in [2.45, 2.75) is 32.4 Å². The molecule has 8 nitrogen and oxygen atoms in total. The van der Waals surface area contributed by atoms with Gasteiger partial charge in [-0.1, -0.05) is 11.6 Å². The fourth-order valence-electron chi connectivity index (χ4n) is 3.06. The molecular formula is C16H18ClN5O3. The van der Waals surface area contributed by atoms with Gasteiger partial charge >= 0.3 is 5.97 Å². The van der Waals surface area contributed by atoms with Gasteiger partial charge in [0.05, 0.1) is 5.92 Å². The molecule has 2 aromatic rings. The number of piperidine rings is 1. The number of nitrogens with zero attached hydrogens (tertiary/aromatic N) is 5. The van der Waals surface area contributed by atoms with Crippen LogP contribution in [-0.4, -0.2) is 54.7 Å². The van der Waals surface area contributed by atoms with E-state index >= 15 is 0 Å². The van der Waals surface area contributed by atoms with Crippen LogP contribution in [0.2, 0.25) is 5.02 Å². The van der Waals surface area contributed by atoms with Gasteiger partial charge in [0.2, 0.25) is 11.7 Å². The van der Waals surface area contributed by atoms with Crippen molar-refractivity contribution in [3.63, 3.8) is 0 Å². The fourth-order valence-corrected chi connectivity index (χ4v) is 3.19. The number of rotatable bonds is 4. The summed E-state index contributed by atoms with van der Waals surface area (Å²) in [5, 5.41) is 21.9. The molecule has 2 atom stereocenters. The number of tetrazole rings is 1. The number of aliphatic carboxylic acids is 1. The van der Waals surface area contributed by atoms with Gasteiger partial charge in [0.1, 0.15) is 6.54 Å². The smallest absolute Gasteiger partial charge is 0.308 e. The van der Waals surface area contributed by atoms with Crippen LogP contribution in [0.1, 0.15) is 19.8 Å². The van der Waals surface area contributed by atoms with Crippen molar-refractivity contribution in [2.24, 2.45) is 5.92 Å². The topological polar surface area (TPSA) is 101 Å². The molecule has 3 rings (SSSR count). The summed E-state index contributed by atoms with van der Waals surface area (Å²) >= 11 is 5.85. The Balaban J connectivity index is 1.69. The summed E-state index contributed by atoms with van der Waals surface area (Å²) in [6, 6.07) is 6.65. The lowest BCUT2D eigenvalue weighted by atomic mass is 9.90. The molecule has 25 heavy (non-hydrogen) atoms. The molecule has 2 heterocycles. The summed E-state index contributed by atoms with van der Waals surface area (Å²) in [6.45, 7) is 2.24. The Morgan fingerprint density at radius 3 is 2.72 bits per heavy atom. The van der Waals surface area contributed by atoms with E-state index in [1.165, 1.54) is 4.80 Å². The maximum absolute atomic E-state index is 12.5. The standard InChI is InChI=1S/C16H18ClN5O3/c1-10-13(16(24)25)3-2-8-21(10)14(23)9-22-19-15(18-20-22)11-4-6-12(17)7-5-11/h4-7,10,13H,2-3,8-9H2,1H3,(H,24,25)/t10-,13-/m1/s1. The van der Waals surface area contributed by atoms with Crippen LogP contribution in [0.25, 0.3) is 11.4 Å². The number of hydrogen-bond acceptors (Lipinski definition) is 5. The third-order valence-corrected chi connectivity index (χ3v) is 4.71. The number of aromatic nitrogens is 4. The van der Waals surface area contributed by atoms with E-state index in [4.69, 9.17) is 11.6 Å². The first-order valence-corrected chi connectivity index (χ1v) is 8.39. The Hall–Kier alpha value is -2.48. The number of carboxylic acids is 1. The summed E-state index contributed by atoms with van der Waals surface area (Å²) in [5.41, 5.74) is 0.750. The van der Waals surface area contributed by atoms with Gasteiger partial charge in [-0.3, -0.25) is 9.59 Å². The molecule has 0 aliphatic carbocycles. The van der Waals surface area contributed by atoms with Crippen molar-refractivity contribution in [1.82, 2.24) is 25.1 Å². The van der Waals surface area contributed by atoms with Gasteiger partial charge in [-0.05, 0) is 49.2 Å². The lowest BCUT2D eigenvalue weighted by molar-refractivity contribution is -0.149. The number of carbonyl (C=O) groups excluding carboxylic acids is 1. The molecule has 1 aliphatic rings. The van der Waals surface area contributed by atoms with E-state index in [1.807, 2.05) is 0 Å². The summed E-state index contributed by atoms with van der Waals surface area (Å²) in [6.07, 6.45) is 1.26. The normalized spacial score (nSPS) is 20.5. The minimum absolute atomic E-state index is 0.0722. The lowest BCUT2D eigenvalue weighted by Gasteiger charge is -2.37. The Labute approximate surface area is 149 Å². The van der Waals surface area contributed by atoms with Crippen LogP contribution in [0.15, 0.2) is 24.3 Å². The van der Waals surface area contributed by atoms with Crippen LogP contribution >= 0.6 is 11.6 Å². The largest absolute Gasteiger partial charge is 0.481 e. The molecule has 0 radical (unpaired) electrons. The molecule has 132 valence electrons. The van der Waals surface area contributed by atoms with Gasteiger partial charge < -0.3 is 10.0 Å². The van der Waals surface area contributed by atoms with Crippen LogP contribution in [0.4, 0.5) is 0 Å². The molecule has 1 aromatic heterocycles. The predicted octanol–water partition coefficient (Wildman–Crippen LogP) is 1.71. The second kappa shape index (κ2) is 7.18. The summed E-state index contributed by atoms with van der Waals surface area (Å²) in [7, 11) is 0. The van der Waals surface area contributed by atoms with Crippen molar-refractivity contribution >= 4 is 23.5 Å². The number of hydrogen-bond donors (Lipinski definition) is 1. The van der Waals surface area contributed by atoms with Crippen LogP contribution in [0, 0.1) is 5.92 Å². The Bertz CT molecular complexity index is 776. The van der Waals surface area contributed by atoms with E-state index in [9.17, 15) is 14.7 Å². The number of halogens is 1. The molecule has 1 N–H and O–H groups in total. The second-order valence-corrected chi connectivity index (χ2v) is 6.50. The number of carboxylic acid groups (broad SMARTS) is 1. The van der Waals surface area contributed by atoms with E-state index in [0.29, 0.717) is 30.2 Å². The molecule has 1 fully saturated rings. The van der Waals surface area contributed by atoms with E-state index in [1.54, 1.807) is 36.1 Å². The molecule has 1 saturated heterocycles. The van der Waals surface area contributed by atoms with Crippen molar-refractivity contribution < 1.29 is 14.7 Å². The molecule has 1 aromatic carbocycles. The number of carbonyl (C=O) groups is 2. The fraction of sp³-hybridized carbons (Fsp3) is 0.438. The van der Waals surface area contributed by atoms with Crippen LogP contribution in [0.3, 0.4) is 0 Å². The van der Waals surface area contributed by atoms with E-state index in [2.05, 4.69) is 15.4 Å². The molecule has 1 amide bonds. The molecule has 9 heteroatoms. The first kappa shape index (κ1) is 17.3. The Morgan fingerprint density at radius 2 is 2.04 bits per heavy atom. The summed E-state index contributed by atoms with van der Waals surface area (Å²) in [4.78, 5) is 26.6. The zero-order valence-corrected chi connectivity index (χ0v) is 14.4. The minimum Gasteiger partial charge on any atom is -0.481 e. The SMILES string of the molecule is C[C@@H]1[C@H](C(=O)O)CCCN1C(=O)Cn1nnc(-c2ccc(Cl)cc2)n1. The highest BCUT2D eigenvalue weighted by Gasteiger charge is 2.35. The number of likely N-dealkylation sites (tertiary alicyclic amines) is 1. The average Bonchev–Trinajstić information content (AvgIpc) is 3.03. The number of amides is 1. The quantitative estimate of drug-likeness (QED) is 0.887. The van der Waals surface area contributed by atoms with Gasteiger partial charge in [-0.25, -0.2) is 0 Å². The Morgan fingerprint density at radius 1 is 1.32 bits per heavy atom. The molecule has 0 saturated carbocycles. The first-order valence-electron chi connectivity index (χ1n) is 8.01. The third kappa shape index (κ3) is 3.79. The predicted molar refractivity (Wildman–Crippen MR) is 89.8 cm³/mol.